The molecular formula is C18H33NO2. The maximum atomic E-state index is 10.8. The second kappa shape index (κ2) is 6.17. The SMILES string of the molecule is CCOC1CC(NCC2(O)CCC(C)CC2)C12CCCC2. The van der Waals surface area contributed by atoms with Crippen molar-refractivity contribution in [3.05, 3.63) is 0 Å². The Hall–Kier alpha value is -0.120. The number of hydrogen-bond donors (Lipinski definition) is 2. The monoisotopic (exact) mass is 295 g/mol. The van der Waals surface area contributed by atoms with Gasteiger partial charge in [-0.2, -0.15) is 0 Å². The Morgan fingerprint density at radius 3 is 2.43 bits per heavy atom. The number of nitrogens with one attached hydrogen (secondary N) is 1. The van der Waals surface area contributed by atoms with Crippen LogP contribution in [0, 0.1) is 11.3 Å². The van der Waals surface area contributed by atoms with E-state index in [0.717, 1.165) is 38.3 Å². The van der Waals surface area contributed by atoms with Gasteiger partial charge in [-0.15, -0.1) is 0 Å². The molecule has 0 saturated heterocycles. The van der Waals surface area contributed by atoms with Gasteiger partial charge in [0.15, 0.2) is 0 Å². The fourth-order valence-corrected chi connectivity index (χ4v) is 4.96. The van der Waals surface area contributed by atoms with Crippen LogP contribution in [-0.2, 0) is 4.74 Å². The summed E-state index contributed by atoms with van der Waals surface area (Å²) in [6.45, 7) is 6.03. The minimum atomic E-state index is -0.455. The van der Waals surface area contributed by atoms with Gasteiger partial charge < -0.3 is 15.2 Å². The van der Waals surface area contributed by atoms with Crippen LogP contribution in [0.1, 0.15) is 71.6 Å². The van der Waals surface area contributed by atoms with Crippen LogP contribution in [0.5, 0.6) is 0 Å². The third-order valence-electron chi connectivity index (χ3n) is 6.57. The lowest BCUT2D eigenvalue weighted by molar-refractivity contribution is -0.135. The van der Waals surface area contributed by atoms with E-state index in [1.807, 2.05) is 0 Å². The molecule has 3 rings (SSSR count). The molecule has 122 valence electrons. The molecule has 0 heterocycles. The quantitative estimate of drug-likeness (QED) is 0.818. The van der Waals surface area contributed by atoms with E-state index in [0.29, 0.717) is 17.6 Å². The summed E-state index contributed by atoms with van der Waals surface area (Å²) in [7, 11) is 0. The molecule has 0 aromatic heterocycles. The molecule has 21 heavy (non-hydrogen) atoms. The van der Waals surface area contributed by atoms with Crippen LogP contribution in [-0.4, -0.2) is 36.0 Å². The molecule has 2 N–H and O–H groups in total. The Labute approximate surface area is 129 Å². The lowest BCUT2D eigenvalue weighted by Crippen LogP contribution is -2.64. The van der Waals surface area contributed by atoms with Crippen molar-refractivity contribution >= 4 is 0 Å². The van der Waals surface area contributed by atoms with Crippen molar-refractivity contribution in [1.82, 2.24) is 5.32 Å². The first kappa shape index (κ1) is 15.8. The van der Waals surface area contributed by atoms with E-state index in [1.54, 1.807) is 0 Å². The molecule has 3 saturated carbocycles. The molecule has 3 nitrogen and oxygen atoms in total. The molecule has 0 amide bonds. The summed E-state index contributed by atoms with van der Waals surface area (Å²) in [5, 5.41) is 14.5. The van der Waals surface area contributed by atoms with Crippen LogP contribution < -0.4 is 5.32 Å². The third-order valence-corrected chi connectivity index (χ3v) is 6.57. The summed E-state index contributed by atoms with van der Waals surface area (Å²) in [6, 6.07) is 0.569. The van der Waals surface area contributed by atoms with Crippen molar-refractivity contribution in [2.75, 3.05) is 13.2 Å². The van der Waals surface area contributed by atoms with Crippen molar-refractivity contribution in [2.24, 2.45) is 11.3 Å². The van der Waals surface area contributed by atoms with E-state index in [9.17, 15) is 5.11 Å². The Morgan fingerprint density at radius 2 is 1.81 bits per heavy atom. The molecule has 3 aliphatic rings. The highest BCUT2D eigenvalue weighted by Crippen LogP contribution is 2.54. The molecule has 0 bridgehead atoms. The summed E-state index contributed by atoms with van der Waals surface area (Å²) in [5.41, 5.74) is -0.0721. The number of rotatable bonds is 5. The summed E-state index contributed by atoms with van der Waals surface area (Å²) in [6.07, 6.45) is 11.2. The second-order valence-electron chi connectivity index (χ2n) is 7.96. The zero-order valence-corrected chi connectivity index (χ0v) is 13.9. The van der Waals surface area contributed by atoms with E-state index in [-0.39, 0.29) is 0 Å². The highest BCUT2D eigenvalue weighted by molar-refractivity contribution is 5.10. The minimum Gasteiger partial charge on any atom is -0.389 e. The predicted molar refractivity (Wildman–Crippen MR) is 85.3 cm³/mol. The summed E-state index contributed by atoms with van der Waals surface area (Å²) >= 11 is 0. The zero-order chi connectivity index (χ0) is 14.9. The smallest absolute Gasteiger partial charge is 0.0771 e. The molecule has 0 aliphatic heterocycles. The number of hydrogen-bond acceptors (Lipinski definition) is 3. The van der Waals surface area contributed by atoms with Crippen LogP contribution in [0.3, 0.4) is 0 Å². The Morgan fingerprint density at radius 1 is 1.14 bits per heavy atom. The van der Waals surface area contributed by atoms with Gasteiger partial charge in [-0.05, 0) is 57.8 Å². The number of aliphatic hydroxyl groups is 1. The van der Waals surface area contributed by atoms with Crippen LogP contribution in [0.4, 0.5) is 0 Å². The Bertz CT molecular complexity index is 343. The highest BCUT2D eigenvalue weighted by Gasteiger charge is 2.56. The standard InChI is InChI=1S/C18H33NO2/c1-3-21-16-12-15(18(16)8-4-5-9-18)19-13-17(20)10-6-14(2)7-11-17/h14-16,19-20H,3-13H2,1-2H3. The molecule has 0 radical (unpaired) electrons. The summed E-state index contributed by atoms with van der Waals surface area (Å²) < 4.78 is 5.97. The molecule has 2 unspecified atom stereocenters. The fraction of sp³-hybridized carbons (Fsp3) is 1.00. The molecular weight excluding hydrogens is 262 g/mol. The van der Waals surface area contributed by atoms with Gasteiger partial charge in [0.2, 0.25) is 0 Å². The van der Waals surface area contributed by atoms with Crippen molar-refractivity contribution in [3.8, 4) is 0 Å². The summed E-state index contributed by atoms with van der Waals surface area (Å²) in [4.78, 5) is 0. The van der Waals surface area contributed by atoms with Gasteiger partial charge in [-0.3, -0.25) is 0 Å². The first-order valence-electron chi connectivity index (χ1n) is 9.15. The van der Waals surface area contributed by atoms with Crippen LogP contribution in [0.25, 0.3) is 0 Å². The van der Waals surface area contributed by atoms with Gasteiger partial charge in [0.05, 0.1) is 11.7 Å². The average molecular weight is 295 g/mol. The van der Waals surface area contributed by atoms with E-state index in [2.05, 4.69) is 19.2 Å². The average Bonchev–Trinajstić information content (AvgIpc) is 2.98. The normalized spacial score (nSPS) is 42.1. The largest absolute Gasteiger partial charge is 0.389 e. The van der Waals surface area contributed by atoms with E-state index in [4.69, 9.17) is 4.74 Å². The molecule has 3 aliphatic carbocycles. The topological polar surface area (TPSA) is 41.5 Å². The Kier molecular flexibility index (Phi) is 4.63. The van der Waals surface area contributed by atoms with Gasteiger partial charge in [0, 0.05) is 24.6 Å². The molecule has 3 heteroatoms. The van der Waals surface area contributed by atoms with Crippen molar-refractivity contribution in [2.45, 2.75) is 89.4 Å². The van der Waals surface area contributed by atoms with Gasteiger partial charge in [0.25, 0.3) is 0 Å². The zero-order valence-electron chi connectivity index (χ0n) is 13.9. The molecule has 2 atom stereocenters. The van der Waals surface area contributed by atoms with E-state index in [1.165, 1.54) is 38.5 Å². The van der Waals surface area contributed by atoms with Gasteiger partial charge >= 0.3 is 0 Å². The van der Waals surface area contributed by atoms with E-state index < -0.39 is 5.60 Å². The lowest BCUT2D eigenvalue weighted by Gasteiger charge is -2.55. The third kappa shape index (κ3) is 3.02. The van der Waals surface area contributed by atoms with Crippen LogP contribution >= 0.6 is 0 Å². The maximum absolute atomic E-state index is 10.8. The minimum absolute atomic E-state index is 0.383. The first-order valence-corrected chi connectivity index (χ1v) is 9.15. The highest BCUT2D eigenvalue weighted by atomic mass is 16.5. The molecule has 0 aromatic carbocycles. The van der Waals surface area contributed by atoms with Gasteiger partial charge in [-0.1, -0.05) is 19.8 Å². The van der Waals surface area contributed by atoms with Crippen LogP contribution in [0.2, 0.25) is 0 Å². The van der Waals surface area contributed by atoms with Gasteiger partial charge in [-0.25, -0.2) is 0 Å². The van der Waals surface area contributed by atoms with Crippen molar-refractivity contribution in [3.63, 3.8) is 0 Å². The lowest BCUT2D eigenvalue weighted by atomic mass is 9.60. The summed E-state index contributed by atoms with van der Waals surface area (Å²) in [5.74, 6) is 0.789. The predicted octanol–water partition coefficient (Wildman–Crippen LogP) is 3.26. The molecule has 1 spiro atoms. The van der Waals surface area contributed by atoms with Crippen molar-refractivity contribution < 1.29 is 9.84 Å². The fourth-order valence-electron chi connectivity index (χ4n) is 4.96. The number of ether oxygens (including phenoxy) is 1. The Balaban J connectivity index is 1.53. The molecule has 3 fully saturated rings. The second-order valence-corrected chi connectivity index (χ2v) is 7.96. The van der Waals surface area contributed by atoms with Crippen LogP contribution in [0.15, 0.2) is 0 Å². The van der Waals surface area contributed by atoms with Gasteiger partial charge in [0.1, 0.15) is 0 Å². The van der Waals surface area contributed by atoms with Crippen molar-refractivity contribution in [1.29, 1.82) is 0 Å². The first-order chi connectivity index (χ1) is 10.1. The van der Waals surface area contributed by atoms with E-state index >= 15 is 0 Å². The molecule has 0 aromatic rings. The maximum Gasteiger partial charge on any atom is 0.0771 e.